The Morgan fingerprint density at radius 2 is 2.00 bits per heavy atom. The minimum Gasteiger partial charge on any atom is -0.280 e. The van der Waals surface area contributed by atoms with E-state index in [1.807, 2.05) is 0 Å². The first-order valence-electron chi connectivity index (χ1n) is 1.95. The molecule has 7 heteroatoms. The van der Waals surface area contributed by atoms with Crippen molar-refractivity contribution >= 4 is 10.1 Å². The molecular formula is C2H5NO5S. The van der Waals surface area contributed by atoms with Gasteiger partial charge in [0.1, 0.15) is 0 Å². The van der Waals surface area contributed by atoms with Crippen molar-refractivity contribution in [1.82, 2.24) is 0 Å². The Morgan fingerprint density at radius 1 is 1.67 bits per heavy atom. The molecule has 54 valence electrons. The van der Waals surface area contributed by atoms with Gasteiger partial charge in [-0.2, -0.15) is 8.42 Å². The lowest BCUT2D eigenvalue weighted by atomic mass is 10.8. The van der Waals surface area contributed by atoms with Gasteiger partial charge in [-0.05, 0) is 0 Å². The van der Waals surface area contributed by atoms with Crippen LogP contribution in [0.15, 0.2) is 0 Å². The molecule has 0 aromatic rings. The zero-order valence-corrected chi connectivity index (χ0v) is 5.33. The normalized spacial score (nSPS) is 14.9. The van der Waals surface area contributed by atoms with Crippen molar-refractivity contribution in [3.05, 3.63) is 10.1 Å². The molecule has 6 nitrogen and oxygen atoms in total. The molecule has 0 saturated heterocycles. The fraction of sp³-hybridized carbons (Fsp3) is 1.00. The van der Waals surface area contributed by atoms with Crippen molar-refractivity contribution in [3.8, 4) is 0 Å². The van der Waals surface area contributed by atoms with Crippen LogP contribution in [0.1, 0.15) is 6.92 Å². The van der Waals surface area contributed by atoms with Gasteiger partial charge in [0.05, 0.1) is 0 Å². The molecule has 0 aliphatic heterocycles. The van der Waals surface area contributed by atoms with E-state index in [1.165, 1.54) is 0 Å². The zero-order valence-electron chi connectivity index (χ0n) is 4.51. The van der Waals surface area contributed by atoms with E-state index in [0.717, 1.165) is 6.92 Å². The highest BCUT2D eigenvalue weighted by molar-refractivity contribution is 7.86. The Balaban J connectivity index is 4.43. The maximum Gasteiger partial charge on any atom is 0.334 e. The lowest BCUT2D eigenvalue weighted by Gasteiger charge is -1.96. The average molecular weight is 155 g/mol. The van der Waals surface area contributed by atoms with Crippen LogP contribution >= 0.6 is 0 Å². The lowest BCUT2D eigenvalue weighted by Crippen LogP contribution is -2.25. The number of nitrogens with zero attached hydrogens (tertiary/aromatic N) is 1. The van der Waals surface area contributed by atoms with Crippen molar-refractivity contribution in [2.75, 3.05) is 0 Å². The third kappa shape index (κ3) is 2.38. The third-order valence-electron chi connectivity index (χ3n) is 0.728. The van der Waals surface area contributed by atoms with Crippen LogP contribution in [-0.2, 0) is 10.1 Å². The first-order valence-corrected chi connectivity index (χ1v) is 3.46. The van der Waals surface area contributed by atoms with Crippen molar-refractivity contribution in [3.63, 3.8) is 0 Å². The molecule has 0 aliphatic carbocycles. The lowest BCUT2D eigenvalue weighted by molar-refractivity contribution is -0.494. The standard InChI is InChI=1S/C2H5NO5S/c1-2(3(4)5)9(6,7)8/h2H,1H3,(H,6,7,8). The van der Waals surface area contributed by atoms with Gasteiger partial charge < -0.3 is 0 Å². The molecule has 0 rings (SSSR count). The average Bonchev–Trinajstić information content (AvgIpc) is 1.62. The van der Waals surface area contributed by atoms with Crippen LogP contribution in [0, 0.1) is 10.1 Å². The Morgan fingerprint density at radius 3 is 2.00 bits per heavy atom. The predicted molar refractivity (Wildman–Crippen MR) is 28.0 cm³/mol. The summed E-state index contributed by atoms with van der Waals surface area (Å²) in [6, 6.07) is 0. The highest BCUT2D eigenvalue weighted by Crippen LogP contribution is 1.95. The monoisotopic (exact) mass is 155 g/mol. The Bertz CT molecular complexity index is 205. The van der Waals surface area contributed by atoms with Gasteiger partial charge in [-0.1, -0.05) is 0 Å². The van der Waals surface area contributed by atoms with Crippen LogP contribution in [0.4, 0.5) is 0 Å². The molecule has 0 aromatic carbocycles. The molecule has 0 fully saturated rings. The highest BCUT2D eigenvalue weighted by Gasteiger charge is 2.27. The van der Waals surface area contributed by atoms with Crippen molar-refractivity contribution in [2.24, 2.45) is 0 Å². The van der Waals surface area contributed by atoms with Gasteiger partial charge in [0.15, 0.2) is 0 Å². The first kappa shape index (κ1) is 8.31. The Kier molecular flexibility index (Phi) is 2.10. The summed E-state index contributed by atoms with van der Waals surface area (Å²) < 4.78 is 27.8. The first-order chi connectivity index (χ1) is 3.85. The molecular weight excluding hydrogens is 150 g/mol. The van der Waals surface area contributed by atoms with E-state index in [4.69, 9.17) is 4.55 Å². The summed E-state index contributed by atoms with van der Waals surface area (Å²) in [5.74, 6) is 0. The third-order valence-corrected chi connectivity index (χ3v) is 1.76. The summed E-state index contributed by atoms with van der Waals surface area (Å²) in [7, 11) is -4.50. The van der Waals surface area contributed by atoms with Crippen LogP contribution in [0.5, 0.6) is 0 Å². The number of hydrogen-bond donors (Lipinski definition) is 1. The van der Waals surface area contributed by atoms with E-state index in [-0.39, 0.29) is 0 Å². The van der Waals surface area contributed by atoms with Crippen molar-refractivity contribution < 1.29 is 17.9 Å². The van der Waals surface area contributed by atoms with Crippen LogP contribution in [-0.4, -0.2) is 23.3 Å². The summed E-state index contributed by atoms with van der Waals surface area (Å²) in [4.78, 5) is 8.52. The van der Waals surface area contributed by atoms with Crippen molar-refractivity contribution in [1.29, 1.82) is 0 Å². The SMILES string of the molecule is CC([N+](=O)[O-])S(=O)(=O)O. The molecule has 0 bridgehead atoms. The minimum atomic E-state index is -4.50. The fourth-order valence-electron chi connectivity index (χ4n) is 0.109. The van der Waals surface area contributed by atoms with E-state index < -0.39 is 20.4 Å². The highest BCUT2D eigenvalue weighted by atomic mass is 32.2. The zero-order chi connectivity index (χ0) is 7.65. The summed E-state index contributed by atoms with van der Waals surface area (Å²) in [6.45, 7) is 0.787. The van der Waals surface area contributed by atoms with E-state index in [9.17, 15) is 18.5 Å². The van der Waals surface area contributed by atoms with Gasteiger partial charge in [-0.25, -0.2) is 0 Å². The summed E-state index contributed by atoms with van der Waals surface area (Å²) in [5, 5.41) is 7.68. The van der Waals surface area contributed by atoms with Crippen LogP contribution in [0.3, 0.4) is 0 Å². The van der Waals surface area contributed by atoms with E-state index in [0.29, 0.717) is 0 Å². The second kappa shape index (κ2) is 2.28. The molecule has 1 atom stereocenters. The summed E-state index contributed by atoms with van der Waals surface area (Å²) >= 11 is 0. The smallest absolute Gasteiger partial charge is 0.280 e. The summed E-state index contributed by atoms with van der Waals surface area (Å²) in [5.41, 5.74) is 0. The number of nitro groups is 1. The second-order valence-electron chi connectivity index (χ2n) is 1.40. The molecule has 0 aromatic heterocycles. The van der Waals surface area contributed by atoms with E-state index in [2.05, 4.69) is 0 Å². The van der Waals surface area contributed by atoms with Gasteiger partial charge in [0.25, 0.3) is 0 Å². The van der Waals surface area contributed by atoms with Gasteiger partial charge in [-0.15, -0.1) is 0 Å². The molecule has 1 unspecified atom stereocenters. The van der Waals surface area contributed by atoms with Crippen LogP contribution < -0.4 is 0 Å². The van der Waals surface area contributed by atoms with Gasteiger partial charge in [-0.3, -0.25) is 14.7 Å². The Labute approximate surface area is 51.4 Å². The summed E-state index contributed by atoms with van der Waals surface area (Å²) in [6.07, 6.45) is 0. The largest absolute Gasteiger partial charge is 0.334 e. The molecule has 0 aliphatic rings. The molecule has 0 saturated carbocycles. The Hall–Kier alpha value is -0.690. The molecule has 0 heterocycles. The second-order valence-corrected chi connectivity index (χ2v) is 3.11. The quantitative estimate of drug-likeness (QED) is 0.329. The maximum atomic E-state index is 9.89. The number of rotatable bonds is 2. The predicted octanol–water partition coefficient (Wildman–Crippen LogP) is -0.503. The molecule has 9 heavy (non-hydrogen) atoms. The van der Waals surface area contributed by atoms with Gasteiger partial charge in [0, 0.05) is 11.8 Å². The maximum absolute atomic E-state index is 9.89. The van der Waals surface area contributed by atoms with E-state index in [1.54, 1.807) is 0 Å². The fourth-order valence-corrected chi connectivity index (χ4v) is 0.326. The molecule has 0 radical (unpaired) electrons. The van der Waals surface area contributed by atoms with Crippen LogP contribution in [0.2, 0.25) is 0 Å². The molecule has 1 N–H and O–H groups in total. The minimum absolute atomic E-state index is 0.787. The van der Waals surface area contributed by atoms with E-state index >= 15 is 0 Å². The topological polar surface area (TPSA) is 97.5 Å². The van der Waals surface area contributed by atoms with Gasteiger partial charge >= 0.3 is 15.5 Å². The van der Waals surface area contributed by atoms with Crippen molar-refractivity contribution in [2.45, 2.75) is 12.3 Å². The molecule has 0 amide bonds. The van der Waals surface area contributed by atoms with Crippen LogP contribution in [0.25, 0.3) is 0 Å². The van der Waals surface area contributed by atoms with Gasteiger partial charge in [0.2, 0.25) is 0 Å². The number of hydrogen-bond acceptors (Lipinski definition) is 4. The molecule has 0 spiro atoms.